The van der Waals surface area contributed by atoms with Gasteiger partial charge in [-0.25, -0.2) is 18.1 Å². The number of hydrogen-bond donors (Lipinski definition) is 2. The summed E-state index contributed by atoms with van der Waals surface area (Å²) in [6, 6.07) is 7.85. The summed E-state index contributed by atoms with van der Waals surface area (Å²) in [5, 5.41) is 2.64. The number of halogens is 2. The molecular formula is C16H17BrClN3O3S. The highest BCUT2D eigenvalue weighted by molar-refractivity contribution is 9.10. The molecule has 0 spiro atoms. The SMILES string of the molecule is CCC(=O)Nc1ccc(C(C)NS(=O)(=O)c2cc(Br)cnc2Cl)cc1. The quantitative estimate of drug-likeness (QED) is 0.659. The Morgan fingerprint density at radius 1 is 1.32 bits per heavy atom. The summed E-state index contributed by atoms with van der Waals surface area (Å²) in [7, 11) is -3.84. The fraction of sp³-hybridized carbons (Fsp3) is 0.250. The zero-order valence-electron chi connectivity index (χ0n) is 13.6. The van der Waals surface area contributed by atoms with E-state index in [0.717, 1.165) is 5.56 Å². The van der Waals surface area contributed by atoms with Gasteiger partial charge >= 0.3 is 0 Å². The average molecular weight is 447 g/mol. The van der Waals surface area contributed by atoms with Gasteiger partial charge in [0.1, 0.15) is 10.0 Å². The van der Waals surface area contributed by atoms with Crippen LogP contribution in [0.3, 0.4) is 0 Å². The van der Waals surface area contributed by atoms with Crippen LogP contribution in [0.5, 0.6) is 0 Å². The number of carbonyl (C=O) groups is 1. The summed E-state index contributed by atoms with van der Waals surface area (Å²) in [4.78, 5) is 15.1. The number of rotatable bonds is 6. The number of anilines is 1. The summed E-state index contributed by atoms with van der Waals surface area (Å²) in [6.07, 6.45) is 1.81. The van der Waals surface area contributed by atoms with Crippen molar-refractivity contribution in [1.29, 1.82) is 0 Å². The number of hydrogen-bond acceptors (Lipinski definition) is 4. The number of benzene rings is 1. The van der Waals surface area contributed by atoms with Crippen LogP contribution >= 0.6 is 27.5 Å². The van der Waals surface area contributed by atoms with Crippen LogP contribution in [0, 0.1) is 0 Å². The van der Waals surface area contributed by atoms with Crippen LogP contribution in [0.2, 0.25) is 5.15 Å². The molecular weight excluding hydrogens is 430 g/mol. The Bertz CT molecular complexity index is 873. The molecule has 0 aliphatic heterocycles. The van der Waals surface area contributed by atoms with E-state index in [-0.39, 0.29) is 16.0 Å². The van der Waals surface area contributed by atoms with Crippen LogP contribution in [-0.4, -0.2) is 19.3 Å². The molecule has 1 unspecified atom stereocenters. The molecule has 2 rings (SSSR count). The van der Waals surface area contributed by atoms with E-state index in [1.807, 2.05) is 0 Å². The summed E-state index contributed by atoms with van der Waals surface area (Å²) >= 11 is 9.09. The van der Waals surface area contributed by atoms with Gasteiger partial charge < -0.3 is 5.32 Å². The Labute approximate surface area is 160 Å². The number of carbonyl (C=O) groups excluding carboxylic acids is 1. The van der Waals surface area contributed by atoms with Gasteiger partial charge in [-0.3, -0.25) is 4.79 Å². The first-order valence-corrected chi connectivity index (χ1v) is 10.1. The molecule has 0 saturated carbocycles. The third-order valence-electron chi connectivity index (χ3n) is 3.41. The van der Waals surface area contributed by atoms with E-state index in [2.05, 4.69) is 31.0 Å². The second-order valence-electron chi connectivity index (χ2n) is 5.31. The lowest BCUT2D eigenvalue weighted by molar-refractivity contribution is -0.115. The predicted octanol–water partition coefficient (Wildman–Crippen LogP) is 3.89. The van der Waals surface area contributed by atoms with E-state index >= 15 is 0 Å². The number of nitrogens with zero attached hydrogens (tertiary/aromatic N) is 1. The van der Waals surface area contributed by atoms with Crippen LogP contribution in [0.1, 0.15) is 31.9 Å². The van der Waals surface area contributed by atoms with Gasteiger partial charge in [-0.15, -0.1) is 0 Å². The molecule has 0 radical (unpaired) electrons. The second kappa shape index (κ2) is 8.27. The number of pyridine rings is 1. The Morgan fingerprint density at radius 2 is 1.96 bits per heavy atom. The molecule has 2 aromatic rings. The monoisotopic (exact) mass is 445 g/mol. The van der Waals surface area contributed by atoms with Crippen LogP contribution < -0.4 is 10.0 Å². The Morgan fingerprint density at radius 3 is 2.56 bits per heavy atom. The molecule has 1 amide bonds. The van der Waals surface area contributed by atoms with Gasteiger partial charge in [0, 0.05) is 28.8 Å². The van der Waals surface area contributed by atoms with Crippen LogP contribution in [0.25, 0.3) is 0 Å². The van der Waals surface area contributed by atoms with E-state index in [9.17, 15) is 13.2 Å². The molecule has 1 aromatic carbocycles. The van der Waals surface area contributed by atoms with Gasteiger partial charge in [0.25, 0.3) is 0 Å². The van der Waals surface area contributed by atoms with Crippen LogP contribution in [-0.2, 0) is 14.8 Å². The molecule has 2 N–H and O–H groups in total. The minimum absolute atomic E-state index is 0.0849. The average Bonchev–Trinajstić information content (AvgIpc) is 2.57. The standard InChI is InChI=1S/C16H17BrClN3O3S/c1-3-15(22)20-13-6-4-11(5-7-13)10(2)21-25(23,24)14-8-12(17)9-19-16(14)18/h4-10,21H,3H2,1-2H3,(H,20,22). The van der Waals surface area contributed by atoms with Crippen LogP contribution in [0.4, 0.5) is 5.69 Å². The molecule has 25 heavy (non-hydrogen) atoms. The summed E-state index contributed by atoms with van der Waals surface area (Å²) in [5.41, 5.74) is 1.40. The highest BCUT2D eigenvalue weighted by Crippen LogP contribution is 2.25. The smallest absolute Gasteiger partial charge is 0.244 e. The first-order valence-electron chi connectivity index (χ1n) is 7.46. The molecule has 1 atom stereocenters. The Kier molecular flexibility index (Phi) is 6.56. The van der Waals surface area contributed by atoms with E-state index in [4.69, 9.17) is 11.6 Å². The van der Waals surface area contributed by atoms with Crippen molar-refractivity contribution < 1.29 is 13.2 Å². The molecule has 9 heteroatoms. The van der Waals surface area contributed by atoms with Crippen molar-refractivity contribution in [2.45, 2.75) is 31.2 Å². The molecule has 134 valence electrons. The molecule has 0 aliphatic rings. The molecule has 0 aliphatic carbocycles. The number of aromatic nitrogens is 1. The first kappa shape index (κ1) is 19.8. The van der Waals surface area contributed by atoms with Gasteiger partial charge in [-0.05, 0) is 46.6 Å². The van der Waals surface area contributed by atoms with Crippen molar-refractivity contribution in [2.75, 3.05) is 5.32 Å². The molecule has 1 aromatic heterocycles. The number of amides is 1. The number of sulfonamides is 1. The van der Waals surface area contributed by atoms with Crippen molar-refractivity contribution in [3.63, 3.8) is 0 Å². The Hall–Kier alpha value is -1.48. The third kappa shape index (κ3) is 5.24. The lowest BCUT2D eigenvalue weighted by Gasteiger charge is -2.16. The lowest BCUT2D eigenvalue weighted by atomic mass is 10.1. The van der Waals surface area contributed by atoms with Crippen molar-refractivity contribution in [2.24, 2.45) is 0 Å². The number of nitrogens with one attached hydrogen (secondary N) is 2. The highest BCUT2D eigenvalue weighted by Gasteiger charge is 2.22. The largest absolute Gasteiger partial charge is 0.326 e. The minimum atomic E-state index is -3.84. The fourth-order valence-corrected chi connectivity index (χ4v) is 4.24. The topological polar surface area (TPSA) is 88.2 Å². The fourth-order valence-electron chi connectivity index (χ4n) is 2.06. The highest BCUT2D eigenvalue weighted by atomic mass is 79.9. The molecule has 0 bridgehead atoms. The van der Waals surface area contributed by atoms with Crippen molar-refractivity contribution in [1.82, 2.24) is 9.71 Å². The van der Waals surface area contributed by atoms with E-state index < -0.39 is 16.1 Å². The van der Waals surface area contributed by atoms with Gasteiger partial charge in [0.2, 0.25) is 15.9 Å². The summed E-state index contributed by atoms with van der Waals surface area (Å²) in [6.45, 7) is 3.49. The zero-order chi connectivity index (χ0) is 18.6. The molecule has 0 saturated heterocycles. The van der Waals surface area contributed by atoms with Crippen LogP contribution in [0.15, 0.2) is 45.9 Å². The minimum Gasteiger partial charge on any atom is -0.326 e. The summed E-state index contributed by atoms with van der Waals surface area (Å²) in [5.74, 6) is -0.0849. The maximum Gasteiger partial charge on any atom is 0.244 e. The summed E-state index contributed by atoms with van der Waals surface area (Å²) < 4.78 is 28.1. The van der Waals surface area contributed by atoms with Gasteiger partial charge in [0.05, 0.1) is 0 Å². The van der Waals surface area contributed by atoms with Gasteiger partial charge in [0.15, 0.2) is 0 Å². The maximum atomic E-state index is 12.5. The lowest BCUT2D eigenvalue weighted by Crippen LogP contribution is -2.27. The second-order valence-corrected chi connectivity index (χ2v) is 8.27. The third-order valence-corrected chi connectivity index (χ3v) is 5.81. The normalized spacial score (nSPS) is 12.6. The molecule has 1 heterocycles. The predicted molar refractivity (Wildman–Crippen MR) is 101 cm³/mol. The zero-order valence-corrected chi connectivity index (χ0v) is 16.7. The van der Waals surface area contributed by atoms with Crippen molar-refractivity contribution >= 4 is 49.1 Å². The van der Waals surface area contributed by atoms with Crippen molar-refractivity contribution in [3.8, 4) is 0 Å². The van der Waals surface area contributed by atoms with E-state index in [0.29, 0.717) is 16.6 Å². The first-order chi connectivity index (χ1) is 11.7. The van der Waals surface area contributed by atoms with Gasteiger partial charge in [-0.1, -0.05) is 30.7 Å². The van der Waals surface area contributed by atoms with Gasteiger partial charge in [-0.2, -0.15) is 0 Å². The van der Waals surface area contributed by atoms with Crippen molar-refractivity contribution in [3.05, 3.63) is 51.7 Å². The Balaban J connectivity index is 2.16. The molecule has 0 fully saturated rings. The molecule has 6 nitrogen and oxygen atoms in total. The van der Waals surface area contributed by atoms with E-state index in [1.54, 1.807) is 38.1 Å². The van der Waals surface area contributed by atoms with E-state index in [1.165, 1.54) is 12.3 Å². The maximum absolute atomic E-state index is 12.5.